The molecule has 33 heavy (non-hydrogen) atoms. The molecule has 4 heterocycles. The normalized spacial score (nSPS) is 18.3. The van der Waals surface area contributed by atoms with E-state index < -0.39 is 0 Å². The van der Waals surface area contributed by atoms with Crippen LogP contribution in [0.3, 0.4) is 0 Å². The van der Waals surface area contributed by atoms with Crippen LogP contribution in [0.5, 0.6) is 0 Å². The van der Waals surface area contributed by atoms with Gasteiger partial charge in [-0.25, -0.2) is 9.97 Å². The average molecular weight is 445 g/mol. The van der Waals surface area contributed by atoms with Crippen molar-refractivity contribution in [1.29, 1.82) is 0 Å². The number of likely N-dealkylation sites (tertiary alicyclic amines) is 1. The summed E-state index contributed by atoms with van der Waals surface area (Å²) in [6, 6.07) is 10.6. The Labute approximate surface area is 195 Å². The number of amides is 1. The molecule has 5 rings (SSSR count). The van der Waals surface area contributed by atoms with Gasteiger partial charge in [0.1, 0.15) is 11.6 Å². The van der Waals surface area contributed by atoms with E-state index in [1.807, 2.05) is 18.9 Å². The predicted molar refractivity (Wildman–Crippen MR) is 128 cm³/mol. The number of aromatic nitrogens is 4. The minimum atomic E-state index is 0.0608. The summed E-state index contributed by atoms with van der Waals surface area (Å²) in [5.74, 6) is 2.18. The number of nitrogens with zero attached hydrogens (tertiary/aromatic N) is 6. The second-order valence-corrected chi connectivity index (χ2v) is 9.34. The standard InChI is InChI=1S/C26H32N6O/c1-18-22-12-8-13-31(16-20-9-5-4-6-10-20)25(22)29-24(28-18)21-11-7-14-32(17-21)26(33)23-15-27-30(3)19(23)2/h4-6,9-10,15,21H,7-8,11-14,16-17H2,1-3H3/t21-/m1/s1. The van der Waals surface area contributed by atoms with Crippen molar-refractivity contribution in [3.63, 3.8) is 0 Å². The number of hydrogen-bond donors (Lipinski definition) is 0. The minimum Gasteiger partial charge on any atom is -0.352 e. The first-order chi connectivity index (χ1) is 16.0. The lowest BCUT2D eigenvalue weighted by Crippen LogP contribution is -2.40. The third kappa shape index (κ3) is 4.24. The van der Waals surface area contributed by atoms with Gasteiger partial charge >= 0.3 is 0 Å². The van der Waals surface area contributed by atoms with Crippen LogP contribution in [0, 0.1) is 13.8 Å². The van der Waals surface area contributed by atoms with E-state index in [-0.39, 0.29) is 11.8 Å². The third-order valence-electron chi connectivity index (χ3n) is 7.12. The molecule has 0 bridgehead atoms. The zero-order chi connectivity index (χ0) is 22.9. The highest BCUT2D eigenvalue weighted by atomic mass is 16.2. The molecule has 0 unspecified atom stereocenters. The zero-order valence-electron chi connectivity index (χ0n) is 19.8. The number of anilines is 1. The summed E-state index contributed by atoms with van der Waals surface area (Å²) in [4.78, 5) is 27.6. The molecule has 172 valence electrons. The Morgan fingerprint density at radius 2 is 1.91 bits per heavy atom. The van der Waals surface area contributed by atoms with E-state index in [1.165, 1.54) is 11.1 Å². The lowest BCUT2D eigenvalue weighted by atomic mass is 9.95. The van der Waals surface area contributed by atoms with Crippen molar-refractivity contribution in [2.75, 3.05) is 24.5 Å². The van der Waals surface area contributed by atoms with Gasteiger partial charge in [0, 0.05) is 56.1 Å². The Hall–Kier alpha value is -3.22. The molecule has 0 aliphatic carbocycles. The lowest BCUT2D eigenvalue weighted by Gasteiger charge is -2.34. The number of piperidine rings is 1. The fourth-order valence-corrected chi connectivity index (χ4v) is 5.10. The number of aryl methyl sites for hydroxylation is 2. The SMILES string of the molecule is Cc1nc([C@@H]2CCCN(C(=O)c3cnn(C)c3C)C2)nc2c1CCCN2Cc1ccccc1. The highest BCUT2D eigenvalue weighted by Crippen LogP contribution is 2.32. The van der Waals surface area contributed by atoms with Crippen molar-refractivity contribution in [3.8, 4) is 0 Å². The summed E-state index contributed by atoms with van der Waals surface area (Å²) in [5.41, 5.74) is 5.24. The van der Waals surface area contributed by atoms with Gasteiger partial charge in [-0.2, -0.15) is 5.10 Å². The molecule has 7 nitrogen and oxygen atoms in total. The highest BCUT2D eigenvalue weighted by Gasteiger charge is 2.30. The minimum absolute atomic E-state index is 0.0608. The Bertz CT molecular complexity index is 1160. The molecule has 0 radical (unpaired) electrons. The maximum Gasteiger partial charge on any atom is 0.257 e. The van der Waals surface area contributed by atoms with Crippen LogP contribution in [0.2, 0.25) is 0 Å². The smallest absolute Gasteiger partial charge is 0.257 e. The number of benzene rings is 1. The third-order valence-corrected chi connectivity index (χ3v) is 7.12. The second kappa shape index (κ2) is 8.96. The fourth-order valence-electron chi connectivity index (χ4n) is 5.10. The quantitative estimate of drug-likeness (QED) is 0.612. The molecule has 1 amide bonds. The predicted octanol–water partition coefficient (Wildman–Crippen LogP) is 3.80. The number of carbonyl (C=O) groups excluding carboxylic acids is 1. The summed E-state index contributed by atoms with van der Waals surface area (Å²) >= 11 is 0. The number of hydrogen-bond acceptors (Lipinski definition) is 5. The molecule has 3 aromatic rings. The Morgan fingerprint density at radius 1 is 1.09 bits per heavy atom. The summed E-state index contributed by atoms with van der Waals surface area (Å²) < 4.78 is 1.76. The monoisotopic (exact) mass is 444 g/mol. The van der Waals surface area contributed by atoms with Crippen LogP contribution in [-0.4, -0.2) is 50.2 Å². The van der Waals surface area contributed by atoms with Gasteiger partial charge in [0.15, 0.2) is 0 Å². The molecule has 2 aliphatic heterocycles. The molecule has 0 N–H and O–H groups in total. The van der Waals surface area contributed by atoms with Gasteiger partial charge in [0.25, 0.3) is 5.91 Å². The second-order valence-electron chi connectivity index (χ2n) is 9.34. The summed E-state index contributed by atoms with van der Waals surface area (Å²) in [7, 11) is 1.87. The Morgan fingerprint density at radius 3 is 2.67 bits per heavy atom. The molecular formula is C26H32N6O. The highest BCUT2D eigenvalue weighted by molar-refractivity contribution is 5.95. The van der Waals surface area contributed by atoms with Crippen LogP contribution in [0.4, 0.5) is 5.82 Å². The maximum absolute atomic E-state index is 13.2. The van der Waals surface area contributed by atoms with Gasteiger partial charge in [-0.05, 0) is 45.1 Å². The van der Waals surface area contributed by atoms with Crippen molar-refractivity contribution in [3.05, 3.63) is 70.4 Å². The van der Waals surface area contributed by atoms with E-state index in [0.29, 0.717) is 12.1 Å². The van der Waals surface area contributed by atoms with E-state index in [1.54, 1.807) is 10.9 Å². The molecule has 1 atom stereocenters. The van der Waals surface area contributed by atoms with E-state index in [2.05, 4.69) is 47.3 Å². The zero-order valence-corrected chi connectivity index (χ0v) is 19.8. The molecule has 7 heteroatoms. The molecular weight excluding hydrogens is 412 g/mol. The van der Waals surface area contributed by atoms with Crippen molar-refractivity contribution in [2.24, 2.45) is 7.05 Å². The first-order valence-corrected chi connectivity index (χ1v) is 12.0. The summed E-state index contributed by atoms with van der Waals surface area (Å²) in [5, 5.41) is 4.25. The summed E-state index contributed by atoms with van der Waals surface area (Å²) in [6.45, 7) is 7.35. The van der Waals surface area contributed by atoms with Gasteiger partial charge in [0.2, 0.25) is 0 Å². The van der Waals surface area contributed by atoms with Gasteiger partial charge < -0.3 is 9.80 Å². The lowest BCUT2D eigenvalue weighted by molar-refractivity contribution is 0.0703. The first kappa shape index (κ1) is 21.6. The molecule has 2 aliphatic rings. The molecule has 1 saturated heterocycles. The summed E-state index contributed by atoms with van der Waals surface area (Å²) in [6.07, 6.45) is 5.81. The van der Waals surface area contributed by atoms with Crippen LogP contribution in [-0.2, 0) is 20.0 Å². The van der Waals surface area contributed by atoms with Crippen LogP contribution < -0.4 is 4.90 Å². The fraction of sp³-hybridized carbons (Fsp3) is 0.462. The van der Waals surface area contributed by atoms with Crippen molar-refractivity contribution < 1.29 is 4.79 Å². The van der Waals surface area contributed by atoms with Crippen LogP contribution in [0.1, 0.15) is 63.9 Å². The first-order valence-electron chi connectivity index (χ1n) is 12.0. The Balaban J connectivity index is 1.40. The largest absolute Gasteiger partial charge is 0.352 e. The van der Waals surface area contributed by atoms with Crippen LogP contribution in [0.25, 0.3) is 0 Å². The van der Waals surface area contributed by atoms with Crippen molar-refractivity contribution in [1.82, 2.24) is 24.6 Å². The van der Waals surface area contributed by atoms with E-state index >= 15 is 0 Å². The molecule has 0 spiro atoms. The van der Waals surface area contributed by atoms with Crippen molar-refractivity contribution >= 4 is 11.7 Å². The van der Waals surface area contributed by atoms with Crippen molar-refractivity contribution in [2.45, 2.75) is 52.0 Å². The molecule has 0 saturated carbocycles. The Kier molecular flexibility index (Phi) is 5.87. The van der Waals surface area contributed by atoms with Gasteiger partial charge in [-0.15, -0.1) is 0 Å². The topological polar surface area (TPSA) is 67.2 Å². The molecule has 2 aromatic heterocycles. The molecule has 1 fully saturated rings. The van der Waals surface area contributed by atoms with E-state index in [9.17, 15) is 4.79 Å². The number of fused-ring (bicyclic) bond motifs is 1. The van der Waals surface area contributed by atoms with Gasteiger partial charge in [-0.1, -0.05) is 30.3 Å². The van der Waals surface area contributed by atoms with E-state index in [4.69, 9.17) is 9.97 Å². The van der Waals surface area contributed by atoms with Crippen LogP contribution >= 0.6 is 0 Å². The number of carbonyl (C=O) groups is 1. The average Bonchev–Trinajstić information content (AvgIpc) is 3.18. The van der Waals surface area contributed by atoms with Crippen LogP contribution in [0.15, 0.2) is 36.5 Å². The van der Waals surface area contributed by atoms with Gasteiger partial charge in [0.05, 0.1) is 11.8 Å². The molecule has 1 aromatic carbocycles. The maximum atomic E-state index is 13.2. The van der Waals surface area contributed by atoms with Gasteiger partial charge in [-0.3, -0.25) is 9.48 Å². The van der Waals surface area contributed by atoms with E-state index in [0.717, 1.165) is 68.3 Å². The number of rotatable bonds is 4.